The van der Waals surface area contributed by atoms with Crippen molar-refractivity contribution in [3.8, 4) is 0 Å². The Morgan fingerprint density at radius 3 is 1.84 bits per heavy atom. The summed E-state index contributed by atoms with van der Waals surface area (Å²) in [5.74, 6) is 0. The molecule has 0 unspecified atom stereocenters. The lowest BCUT2D eigenvalue weighted by Gasteiger charge is -2.24. The normalized spacial score (nSPS) is 14.3. The van der Waals surface area contributed by atoms with Gasteiger partial charge in [-0.1, -0.05) is 72.3 Å². The van der Waals surface area contributed by atoms with Crippen molar-refractivity contribution in [1.82, 2.24) is 0 Å². The van der Waals surface area contributed by atoms with Gasteiger partial charge in [0, 0.05) is 17.2 Å². The van der Waals surface area contributed by atoms with Crippen LogP contribution in [0.5, 0.6) is 0 Å². The van der Waals surface area contributed by atoms with Crippen molar-refractivity contribution < 1.29 is 4.92 Å². The van der Waals surface area contributed by atoms with Crippen molar-refractivity contribution in [1.29, 1.82) is 0 Å². The summed E-state index contributed by atoms with van der Waals surface area (Å²) >= 11 is 6.27. The van der Waals surface area contributed by atoms with Gasteiger partial charge in [-0.2, -0.15) is 0 Å². The maximum absolute atomic E-state index is 11.4. The van der Waals surface area contributed by atoms with E-state index in [1.807, 2.05) is 60.7 Å². The van der Waals surface area contributed by atoms with Crippen LogP contribution in [0.2, 0.25) is 5.02 Å². The molecule has 6 heteroatoms. The molecule has 122 valence electrons. The number of hydrogen-bond acceptors (Lipinski definition) is 4. The molecule has 0 bridgehead atoms. The molecule has 0 aromatic heterocycles. The van der Waals surface area contributed by atoms with Gasteiger partial charge in [0.05, 0.1) is 9.95 Å². The van der Waals surface area contributed by atoms with Crippen LogP contribution in [0.15, 0.2) is 82.8 Å². The van der Waals surface area contributed by atoms with Gasteiger partial charge in [-0.05, 0) is 6.07 Å². The number of halogens is 1. The second kappa shape index (κ2) is 5.79. The number of nitro benzene ring substituents is 1. The van der Waals surface area contributed by atoms with Crippen LogP contribution in [-0.4, -0.2) is 4.92 Å². The molecule has 3 aromatic rings. The van der Waals surface area contributed by atoms with Crippen molar-refractivity contribution in [2.45, 2.75) is 5.66 Å². The molecule has 3 aromatic carbocycles. The Morgan fingerprint density at radius 2 is 1.32 bits per heavy atom. The van der Waals surface area contributed by atoms with Gasteiger partial charge in [0.2, 0.25) is 5.66 Å². The lowest BCUT2D eigenvalue weighted by Crippen LogP contribution is -2.25. The number of hydrogen-bond donors (Lipinski definition) is 0. The van der Waals surface area contributed by atoms with E-state index in [-0.39, 0.29) is 11.0 Å². The SMILES string of the molecule is O=[N+]([O-])c1ccc(Cl)c2c1=NC(c1ccccc1)(c1ccccc1)N=2. The minimum atomic E-state index is -1.08. The molecular formula is C19H12ClN3O2. The Balaban J connectivity index is 2.12. The third kappa shape index (κ3) is 2.40. The summed E-state index contributed by atoms with van der Waals surface area (Å²) in [5, 5.41) is 12.3. The monoisotopic (exact) mass is 349 g/mol. The van der Waals surface area contributed by atoms with Crippen LogP contribution in [-0.2, 0) is 5.66 Å². The van der Waals surface area contributed by atoms with Crippen LogP contribution >= 0.6 is 11.6 Å². The quantitative estimate of drug-likeness (QED) is 0.537. The molecule has 0 atom stereocenters. The second-order valence-electron chi connectivity index (χ2n) is 5.65. The molecule has 25 heavy (non-hydrogen) atoms. The van der Waals surface area contributed by atoms with Crippen molar-refractivity contribution in [3.63, 3.8) is 0 Å². The molecule has 1 aliphatic heterocycles. The first-order valence-corrected chi connectivity index (χ1v) is 8.03. The predicted molar refractivity (Wildman–Crippen MR) is 94.1 cm³/mol. The highest BCUT2D eigenvalue weighted by atomic mass is 35.5. The maximum atomic E-state index is 11.4. The van der Waals surface area contributed by atoms with Gasteiger partial charge in [-0.25, -0.2) is 9.98 Å². The predicted octanol–water partition coefficient (Wildman–Crippen LogP) is 3.40. The molecule has 0 N–H and O–H groups in total. The smallest absolute Gasteiger partial charge is 0.258 e. The number of nitro groups is 1. The van der Waals surface area contributed by atoms with Gasteiger partial charge in [0.15, 0.2) is 5.36 Å². The topological polar surface area (TPSA) is 67.9 Å². The zero-order valence-corrected chi connectivity index (χ0v) is 13.7. The minimum Gasteiger partial charge on any atom is -0.258 e. The molecular weight excluding hydrogens is 338 g/mol. The van der Waals surface area contributed by atoms with Gasteiger partial charge >= 0.3 is 0 Å². The van der Waals surface area contributed by atoms with E-state index in [4.69, 9.17) is 21.6 Å². The Bertz CT molecular complexity index is 1040. The summed E-state index contributed by atoms with van der Waals surface area (Å²) in [6.07, 6.45) is 0. The summed E-state index contributed by atoms with van der Waals surface area (Å²) < 4.78 is 0. The molecule has 1 heterocycles. The first-order valence-electron chi connectivity index (χ1n) is 7.65. The molecule has 0 radical (unpaired) electrons. The lowest BCUT2D eigenvalue weighted by molar-refractivity contribution is -0.386. The first kappa shape index (κ1) is 15.5. The van der Waals surface area contributed by atoms with Gasteiger partial charge in [-0.3, -0.25) is 10.1 Å². The number of nitrogens with zero attached hydrogens (tertiary/aromatic N) is 3. The van der Waals surface area contributed by atoms with E-state index < -0.39 is 10.6 Å². The summed E-state index contributed by atoms with van der Waals surface area (Å²) in [6, 6.07) is 21.9. The summed E-state index contributed by atoms with van der Waals surface area (Å²) in [5.41, 5.74) is 0.461. The fourth-order valence-electron chi connectivity index (χ4n) is 3.02. The number of non-ortho nitro benzene ring substituents is 1. The van der Waals surface area contributed by atoms with Gasteiger partial charge < -0.3 is 0 Å². The van der Waals surface area contributed by atoms with E-state index >= 15 is 0 Å². The molecule has 0 saturated carbocycles. The Morgan fingerprint density at radius 1 is 0.800 bits per heavy atom. The van der Waals surface area contributed by atoms with Crippen LogP contribution in [0.1, 0.15) is 11.1 Å². The summed E-state index contributed by atoms with van der Waals surface area (Å²) in [4.78, 5) is 20.4. The van der Waals surface area contributed by atoms with Crippen molar-refractivity contribution in [2.75, 3.05) is 0 Å². The number of benzene rings is 3. The van der Waals surface area contributed by atoms with E-state index in [9.17, 15) is 10.1 Å². The fraction of sp³-hybridized carbons (Fsp3) is 0.0526. The van der Waals surface area contributed by atoms with E-state index in [2.05, 4.69) is 0 Å². The van der Waals surface area contributed by atoms with Gasteiger partial charge in [0.1, 0.15) is 5.36 Å². The van der Waals surface area contributed by atoms with E-state index in [1.54, 1.807) is 0 Å². The van der Waals surface area contributed by atoms with Crippen molar-refractivity contribution >= 4 is 17.3 Å². The third-order valence-corrected chi connectivity index (χ3v) is 4.48. The van der Waals surface area contributed by atoms with Gasteiger partial charge in [-0.15, -0.1) is 0 Å². The average Bonchev–Trinajstić information content (AvgIpc) is 3.06. The van der Waals surface area contributed by atoms with E-state index in [0.29, 0.717) is 10.4 Å². The molecule has 5 nitrogen and oxygen atoms in total. The second-order valence-corrected chi connectivity index (χ2v) is 6.06. The molecule has 0 spiro atoms. The first-order chi connectivity index (χ1) is 12.1. The highest BCUT2D eigenvalue weighted by molar-refractivity contribution is 6.30. The fourth-order valence-corrected chi connectivity index (χ4v) is 3.22. The van der Waals surface area contributed by atoms with Gasteiger partial charge in [0.25, 0.3) is 5.69 Å². The van der Waals surface area contributed by atoms with Crippen LogP contribution in [0.25, 0.3) is 0 Å². The largest absolute Gasteiger partial charge is 0.296 e. The lowest BCUT2D eigenvalue weighted by atomic mass is 9.92. The van der Waals surface area contributed by atoms with Crippen molar-refractivity contribution in [2.24, 2.45) is 9.98 Å². The van der Waals surface area contributed by atoms with Crippen LogP contribution in [0, 0.1) is 10.1 Å². The maximum Gasteiger partial charge on any atom is 0.296 e. The highest BCUT2D eigenvalue weighted by Crippen LogP contribution is 2.36. The van der Waals surface area contributed by atoms with Crippen molar-refractivity contribution in [3.05, 3.63) is 110 Å². The van der Waals surface area contributed by atoms with Crippen LogP contribution in [0.3, 0.4) is 0 Å². The molecule has 4 rings (SSSR count). The number of rotatable bonds is 3. The summed E-state index contributed by atoms with van der Waals surface area (Å²) in [6.45, 7) is 0. The zero-order valence-electron chi connectivity index (χ0n) is 13.0. The highest BCUT2D eigenvalue weighted by Gasteiger charge is 2.37. The third-order valence-electron chi connectivity index (χ3n) is 4.18. The Labute approximate surface area is 148 Å². The molecule has 0 saturated heterocycles. The minimum absolute atomic E-state index is 0.100. The molecule has 0 aliphatic carbocycles. The Kier molecular flexibility index (Phi) is 3.58. The van der Waals surface area contributed by atoms with Crippen LogP contribution < -0.4 is 10.7 Å². The molecule has 0 fully saturated rings. The molecule has 0 amide bonds. The zero-order chi connectivity index (χ0) is 17.4. The van der Waals surface area contributed by atoms with E-state index in [0.717, 1.165) is 11.1 Å². The standard InChI is InChI=1S/C19H12ClN3O2/c20-15-11-12-16(23(24)25)18-17(15)21-19(22-18,13-7-3-1-4-8-13)14-9-5-2-6-10-14/h1-12H. The summed E-state index contributed by atoms with van der Waals surface area (Å²) in [7, 11) is 0. The average molecular weight is 350 g/mol. The van der Waals surface area contributed by atoms with E-state index in [1.165, 1.54) is 12.1 Å². The van der Waals surface area contributed by atoms with Crippen LogP contribution in [0.4, 0.5) is 5.69 Å². The molecule has 1 aliphatic rings. The number of fused-ring (bicyclic) bond motifs is 1. The Hall–Kier alpha value is -3.05.